The van der Waals surface area contributed by atoms with Crippen molar-refractivity contribution in [2.45, 2.75) is 43.4 Å². The summed E-state index contributed by atoms with van der Waals surface area (Å²) in [6.07, 6.45) is -5.63. The molecule has 0 unspecified atom stereocenters. The van der Waals surface area contributed by atoms with Crippen LogP contribution in [0.25, 0.3) is 6.08 Å². The van der Waals surface area contributed by atoms with Gasteiger partial charge < -0.3 is 59.1 Å². The van der Waals surface area contributed by atoms with E-state index in [0.717, 1.165) is 19.4 Å². The smallest absolute Gasteiger partial charge is 0.335 e. The first kappa shape index (κ1) is 32.5. The second-order valence-corrected chi connectivity index (χ2v) is 9.11. The van der Waals surface area contributed by atoms with Gasteiger partial charge in [0.25, 0.3) is 0 Å². The predicted octanol–water partition coefficient (Wildman–Crippen LogP) is -0.796. The molecule has 1 saturated heterocycles. The van der Waals surface area contributed by atoms with E-state index in [0.29, 0.717) is 5.56 Å². The van der Waals surface area contributed by atoms with Gasteiger partial charge in [-0.3, -0.25) is 4.79 Å². The van der Waals surface area contributed by atoms with Crippen LogP contribution in [0.1, 0.15) is 12.0 Å². The molecular formula is C27H32O15. The summed E-state index contributed by atoms with van der Waals surface area (Å²) in [6, 6.07) is 4.39. The number of carboxylic acids is 1. The molecule has 0 saturated carbocycles. The molecule has 3 rings (SSSR count). The molecule has 0 bridgehead atoms. The predicted molar refractivity (Wildman–Crippen MR) is 138 cm³/mol. The molecule has 0 radical (unpaired) electrons. The van der Waals surface area contributed by atoms with Gasteiger partial charge in [-0.15, -0.1) is 0 Å². The second kappa shape index (κ2) is 14.8. The lowest BCUT2D eigenvalue weighted by atomic mass is 9.86. The molecule has 0 amide bonds. The van der Waals surface area contributed by atoms with E-state index in [1.165, 1.54) is 37.5 Å². The number of carbonyl (C=O) groups is 3. The normalized spacial score (nSPS) is 28.6. The Morgan fingerprint density at radius 3 is 2.45 bits per heavy atom. The number of ether oxygens (including phenoxy) is 6. The van der Waals surface area contributed by atoms with E-state index in [1.807, 2.05) is 0 Å². The molecule has 2 aliphatic heterocycles. The molecule has 15 heteroatoms. The van der Waals surface area contributed by atoms with Crippen molar-refractivity contribution < 1.29 is 73.4 Å². The minimum atomic E-state index is -1.81. The van der Waals surface area contributed by atoms with Crippen LogP contribution in [0.2, 0.25) is 0 Å². The number of rotatable bonds is 11. The first-order valence-corrected chi connectivity index (χ1v) is 12.5. The van der Waals surface area contributed by atoms with Gasteiger partial charge in [-0.2, -0.15) is 0 Å². The van der Waals surface area contributed by atoms with Crippen LogP contribution in [-0.4, -0.2) is 113 Å². The highest BCUT2D eigenvalue weighted by atomic mass is 16.8. The van der Waals surface area contributed by atoms with Crippen molar-refractivity contribution in [3.63, 3.8) is 0 Å². The summed E-state index contributed by atoms with van der Waals surface area (Å²) in [5.41, 5.74) is 0.146. The minimum Gasteiger partial charge on any atom is -0.504 e. The number of carboxylic acid groups (broad SMARTS) is 1. The van der Waals surface area contributed by atoms with Crippen LogP contribution < -0.4 is 4.74 Å². The van der Waals surface area contributed by atoms with E-state index >= 15 is 0 Å². The Labute approximate surface area is 239 Å². The molecule has 15 nitrogen and oxygen atoms in total. The van der Waals surface area contributed by atoms with Crippen molar-refractivity contribution in [1.29, 1.82) is 0 Å². The molecule has 1 fully saturated rings. The van der Waals surface area contributed by atoms with E-state index in [4.69, 9.17) is 23.7 Å². The number of phenolic OH excluding ortho intramolecular Hbond substituents is 1. The number of carbonyl (C=O) groups excluding carboxylic acids is 2. The molecule has 0 aliphatic carbocycles. The van der Waals surface area contributed by atoms with Gasteiger partial charge >= 0.3 is 17.9 Å². The van der Waals surface area contributed by atoms with Crippen molar-refractivity contribution in [3.8, 4) is 11.5 Å². The second-order valence-electron chi connectivity index (χ2n) is 9.11. The van der Waals surface area contributed by atoms with Crippen LogP contribution in [-0.2, 0) is 38.1 Å². The van der Waals surface area contributed by atoms with Crippen LogP contribution in [0.15, 0.2) is 47.8 Å². The van der Waals surface area contributed by atoms with E-state index in [2.05, 4.69) is 4.74 Å². The van der Waals surface area contributed by atoms with Gasteiger partial charge in [0.05, 0.1) is 39.1 Å². The highest BCUT2D eigenvalue weighted by molar-refractivity contribution is 5.89. The number of aliphatic hydroxyl groups excluding tert-OH is 4. The standard InChI is InChI=1S/C27H32O15/c1-37-18-9-13(3-5-17(18)29)4-6-20(30)39-8-7-14-15(10-21(31)38-2)16(25(35)36)12-40-26(14)42-27-24(34)23(33)22(32)19(11-28)41-27/h3-7,9,12,15,19,22-24,26-29,32-34H,8,10-11H2,1-2H3,(H,35,36)/b6-4-,14-7+/t15-,19+,22+,23-,24+,26-,27-/m0/s1. The van der Waals surface area contributed by atoms with Crippen molar-refractivity contribution in [2.75, 3.05) is 27.4 Å². The summed E-state index contributed by atoms with van der Waals surface area (Å²) in [6.45, 7) is -1.17. The average molecular weight is 597 g/mol. The molecule has 230 valence electrons. The number of hydrogen-bond donors (Lipinski definition) is 6. The minimum absolute atomic E-state index is 0.0164. The largest absolute Gasteiger partial charge is 0.504 e. The Bertz CT molecular complexity index is 1220. The zero-order chi connectivity index (χ0) is 31.0. The first-order chi connectivity index (χ1) is 20.0. The highest BCUT2D eigenvalue weighted by Gasteiger charge is 2.46. The van der Waals surface area contributed by atoms with Gasteiger partial charge in [0, 0.05) is 17.6 Å². The summed E-state index contributed by atoms with van der Waals surface area (Å²) >= 11 is 0. The van der Waals surface area contributed by atoms with Crippen LogP contribution >= 0.6 is 0 Å². The van der Waals surface area contributed by atoms with Crippen LogP contribution in [0.3, 0.4) is 0 Å². The van der Waals surface area contributed by atoms with Crippen LogP contribution in [0.5, 0.6) is 11.5 Å². The molecule has 0 aromatic heterocycles. The summed E-state index contributed by atoms with van der Waals surface area (Å²) in [5.74, 6) is -4.11. The number of aliphatic hydroxyl groups is 4. The SMILES string of the molecule is COC(=O)C[C@@H]1C(C(=O)O)=CO[C@@H](O[C@@H]2O[C@H](CO)[C@@H](O)[C@H](O)[C@H]2O)/C1=C/COC(=O)/C=C\c1ccc(O)c(OC)c1. The quantitative estimate of drug-likeness (QED) is 0.104. The molecule has 1 aromatic rings. The van der Waals surface area contributed by atoms with Gasteiger partial charge in [-0.1, -0.05) is 6.07 Å². The zero-order valence-electron chi connectivity index (χ0n) is 22.6. The Morgan fingerprint density at radius 1 is 1.07 bits per heavy atom. The van der Waals surface area contributed by atoms with E-state index in [-0.39, 0.29) is 22.6 Å². The molecule has 2 aliphatic rings. The number of methoxy groups -OCH3 is 2. The number of phenols is 1. The molecule has 7 atom stereocenters. The van der Waals surface area contributed by atoms with Gasteiger partial charge in [0.1, 0.15) is 31.0 Å². The molecule has 6 N–H and O–H groups in total. The fourth-order valence-electron chi connectivity index (χ4n) is 4.20. The van der Waals surface area contributed by atoms with Crippen LogP contribution in [0, 0.1) is 5.92 Å². The van der Waals surface area contributed by atoms with Crippen LogP contribution in [0.4, 0.5) is 0 Å². The van der Waals surface area contributed by atoms with E-state index < -0.39 is 80.5 Å². The van der Waals surface area contributed by atoms with E-state index in [9.17, 15) is 45.0 Å². The third-order valence-electron chi connectivity index (χ3n) is 6.48. The average Bonchev–Trinajstić information content (AvgIpc) is 2.97. The van der Waals surface area contributed by atoms with Crippen molar-refractivity contribution in [2.24, 2.45) is 5.92 Å². The lowest BCUT2D eigenvalue weighted by Gasteiger charge is -2.41. The number of benzene rings is 1. The van der Waals surface area contributed by atoms with Crippen molar-refractivity contribution >= 4 is 24.0 Å². The molecular weight excluding hydrogens is 564 g/mol. The fourth-order valence-corrected chi connectivity index (χ4v) is 4.20. The van der Waals surface area contributed by atoms with Crippen molar-refractivity contribution in [1.82, 2.24) is 0 Å². The van der Waals surface area contributed by atoms with Crippen molar-refractivity contribution in [3.05, 3.63) is 53.3 Å². The Balaban J connectivity index is 1.84. The molecule has 2 heterocycles. The zero-order valence-corrected chi connectivity index (χ0v) is 22.6. The monoisotopic (exact) mass is 596 g/mol. The van der Waals surface area contributed by atoms with E-state index in [1.54, 1.807) is 0 Å². The molecule has 42 heavy (non-hydrogen) atoms. The van der Waals surface area contributed by atoms with Gasteiger partial charge in [0.2, 0.25) is 6.29 Å². The lowest BCUT2D eigenvalue weighted by Crippen LogP contribution is -2.60. The Morgan fingerprint density at radius 2 is 1.81 bits per heavy atom. The fraction of sp³-hybridized carbons (Fsp3) is 0.444. The summed E-state index contributed by atoms with van der Waals surface area (Å²) < 4.78 is 31.3. The third-order valence-corrected chi connectivity index (χ3v) is 6.48. The molecule has 1 aromatic carbocycles. The topological polar surface area (TPSA) is 228 Å². The summed E-state index contributed by atoms with van der Waals surface area (Å²) in [4.78, 5) is 36.4. The maximum atomic E-state index is 12.3. The van der Waals surface area contributed by atoms with Gasteiger partial charge in [0.15, 0.2) is 17.8 Å². The Hall–Kier alpha value is -3.99. The maximum absolute atomic E-state index is 12.3. The first-order valence-electron chi connectivity index (χ1n) is 12.5. The van der Waals surface area contributed by atoms with Gasteiger partial charge in [-0.05, 0) is 29.8 Å². The number of aliphatic carboxylic acids is 1. The number of aromatic hydroxyl groups is 1. The summed E-state index contributed by atoms with van der Waals surface area (Å²) in [5, 5.41) is 59.4. The lowest BCUT2D eigenvalue weighted by molar-refractivity contribution is -0.327. The maximum Gasteiger partial charge on any atom is 0.335 e. The molecule has 0 spiro atoms. The number of hydrogen-bond acceptors (Lipinski definition) is 14. The highest BCUT2D eigenvalue weighted by Crippen LogP contribution is 2.36. The van der Waals surface area contributed by atoms with Gasteiger partial charge in [-0.25, -0.2) is 9.59 Å². The Kier molecular flexibility index (Phi) is 11.4. The number of esters is 2. The third kappa shape index (κ3) is 7.84. The summed E-state index contributed by atoms with van der Waals surface area (Å²) in [7, 11) is 2.47.